The number of aryl methyl sites for hydroxylation is 1. The zero-order valence-corrected chi connectivity index (χ0v) is 19.5. The lowest BCUT2D eigenvalue weighted by Crippen LogP contribution is -2.43. The quantitative estimate of drug-likeness (QED) is 0.310. The topological polar surface area (TPSA) is 120 Å². The van der Waals surface area contributed by atoms with E-state index in [0.717, 1.165) is 12.8 Å². The van der Waals surface area contributed by atoms with E-state index >= 15 is 0 Å². The Hall–Kier alpha value is -2.84. The van der Waals surface area contributed by atoms with Gasteiger partial charge < -0.3 is 25.8 Å². The van der Waals surface area contributed by atoms with Crippen LogP contribution in [0.3, 0.4) is 0 Å². The van der Waals surface area contributed by atoms with Gasteiger partial charge >= 0.3 is 12.1 Å². The van der Waals surface area contributed by atoms with E-state index in [4.69, 9.17) is 10.5 Å². The lowest BCUT2D eigenvalue weighted by atomic mass is 10.0. The van der Waals surface area contributed by atoms with Gasteiger partial charge in [0.1, 0.15) is 11.4 Å². The van der Waals surface area contributed by atoms with Crippen molar-refractivity contribution in [3.63, 3.8) is 0 Å². The molecular weight excluding hydrogens is 417 g/mol. The van der Waals surface area contributed by atoms with Gasteiger partial charge in [-0.3, -0.25) is 9.59 Å². The Balaban J connectivity index is 2.66. The van der Waals surface area contributed by atoms with Crippen molar-refractivity contribution < 1.29 is 28.2 Å². The van der Waals surface area contributed by atoms with Crippen molar-refractivity contribution in [2.75, 3.05) is 19.0 Å². The number of esters is 1. The van der Waals surface area contributed by atoms with Crippen LogP contribution in [0.4, 0.5) is 14.9 Å². The molecule has 0 radical (unpaired) electrons. The van der Waals surface area contributed by atoms with Gasteiger partial charge in [0.15, 0.2) is 0 Å². The van der Waals surface area contributed by atoms with Gasteiger partial charge in [-0.05, 0) is 58.1 Å². The summed E-state index contributed by atoms with van der Waals surface area (Å²) in [6.45, 7) is 5.45. The maximum absolute atomic E-state index is 14.9. The standard InChI is InChI=1S/C23H36FN3O5/c1-23(2,3)32-22(30)27-17(13-14-19(25)28)15-26-18-11-8-10-16(21(18)24)9-6-5-7-12-20(29)31-4/h8,10-11,17,26H,5-7,9,12-15H2,1-4H3,(H2,25,28)(H,27,30). The van der Waals surface area contributed by atoms with Crippen LogP contribution in [0.2, 0.25) is 0 Å². The number of halogens is 1. The van der Waals surface area contributed by atoms with Crippen LogP contribution in [0, 0.1) is 5.82 Å². The monoisotopic (exact) mass is 453 g/mol. The Morgan fingerprint density at radius 1 is 1.12 bits per heavy atom. The lowest BCUT2D eigenvalue weighted by Gasteiger charge is -2.24. The van der Waals surface area contributed by atoms with Gasteiger partial charge in [0.2, 0.25) is 5.91 Å². The predicted octanol–water partition coefficient (Wildman–Crippen LogP) is 3.67. The van der Waals surface area contributed by atoms with E-state index in [0.29, 0.717) is 36.9 Å². The highest BCUT2D eigenvalue weighted by Gasteiger charge is 2.20. The van der Waals surface area contributed by atoms with E-state index in [1.807, 2.05) is 0 Å². The molecule has 180 valence electrons. The minimum absolute atomic E-state index is 0.0796. The molecule has 0 spiro atoms. The fourth-order valence-electron chi connectivity index (χ4n) is 3.02. The second-order valence-corrected chi connectivity index (χ2v) is 8.64. The van der Waals surface area contributed by atoms with Gasteiger partial charge in [0.05, 0.1) is 12.8 Å². The van der Waals surface area contributed by atoms with E-state index in [9.17, 15) is 18.8 Å². The van der Waals surface area contributed by atoms with Crippen LogP contribution in [0.1, 0.15) is 64.9 Å². The number of carbonyl (C=O) groups is 3. The zero-order valence-electron chi connectivity index (χ0n) is 19.5. The van der Waals surface area contributed by atoms with Crippen molar-refractivity contribution in [3.05, 3.63) is 29.6 Å². The molecule has 32 heavy (non-hydrogen) atoms. The number of primary amides is 1. The van der Waals surface area contributed by atoms with Crippen molar-refractivity contribution in [1.82, 2.24) is 5.32 Å². The molecule has 8 nitrogen and oxygen atoms in total. The molecule has 9 heteroatoms. The number of carbonyl (C=O) groups excluding carboxylic acids is 3. The predicted molar refractivity (Wildman–Crippen MR) is 121 cm³/mol. The van der Waals surface area contributed by atoms with E-state index < -0.39 is 23.6 Å². The molecule has 0 bridgehead atoms. The number of benzene rings is 1. The van der Waals surface area contributed by atoms with Crippen molar-refractivity contribution in [3.8, 4) is 0 Å². The van der Waals surface area contributed by atoms with Gasteiger partial charge in [0.25, 0.3) is 0 Å². The third-order valence-corrected chi connectivity index (χ3v) is 4.63. The molecule has 0 heterocycles. The first-order valence-corrected chi connectivity index (χ1v) is 10.9. The fourth-order valence-corrected chi connectivity index (χ4v) is 3.02. The third kappa shape index (κ3) is 11.5. The summed E-state index contributed by atoms with van der Waals surface area (Å²) in [6.07, 6.45) is 2.90. The first-order chi connectivity index (χ1) is 15.0. The van der Waals surface area contributed by atoms with Gasteiger partial charge in [-0.15, -0.1) is 0 Å². The highest BCUT2D eigenvalue weighted by atomic mass is 19.1. The molecule has 0 saturated carbocycles. The van der Waals surface area contributed by atoms with E-state index in [1.165, 1.54) is 7.11 Å². The summed E-state index contributed by atoms with van der Waals surface area (Å²) in [5.74, 6) is -1.08. The summed E-state index contributed by atoms with van der Waals surface area (Å²) in [7, 11) is 1.36. The Kier molecular flexibility index (Phi) is 11.5. The van der Waals surface area contributed by atoms with Gasteiger partial charge in [-0.2, -0.15) is 0 Å². The molecule has 0 aromatic heterocycles. The number of amides is 2. The number of hydrogen-bond acceptors (Lipinski definition) is 6. The van der Waals surface area contributed by atoms with Crippen LogP contribution in [0.5, 0.6) is 0 Å². The molecular formula is C23H36FN3O5. The molecule has 1 aromatic rings. The van der Waals surface area contributed by atoms with Crippen LogP contribution in [0.25, 0.3) is 0 Å². The minimum Gasteiger partial charge on any atom is -0.469 e. The average Bonchev–Trinajstić information content (AvgIpc) is 2.69. The maximum Gasteiger partial charge on any atom is 0.407 e. The lowest BCUT2D eigenvalue weighted by molar-refractivity contribution is -0.140. The molecule has 1 rings (SSSR count). The van der Waals surface area contributed by atoms with Crippen LogP contribution < -0.4 is 16.4 Å². The molecule has 0 saturated heterocycles. The van der Waals surface area contributed by atoms with Crippen LogP contribution in [0.15, 0.2) is 18.2 Å². The molecule has 1 atom stereocenters. The Bertz CT molecular complexity index is 764. The molecule has 1 aromatic carbocycles. The molecule has 0 aliphatic heterocycles. The number of nitrogens with two attached hydrogens (primary N) is 1. The van der Waals surface area contributed by atoms with Crippen LogP contribution >= 0.6 is 0 Å². The number of hydrogen-bond donors (Lipinski definition) is 3. The number of unbranched alkanes of at least 4 members (excludes halogenated alkanes) is 2. The van der Waals surface area contributed by atoms with Crippen LogP contribution in [-0.4, -0.2) is 43.3 Å². The van der Waals surface area contributed by atoms with E-state index in [2.05, 4.69) is 15.4 Å². The molecule has 0 aliphatic carbocycles. The average molecular weight is 454 g/mol. The summed E-state index contributed by atoms with van der Waals surface area (Å²) in [4.78, 5) is 34.4. The Morgan fingerprint density at radius 2 is 1.84 bits per heavy atom. The van der Waals surface area contributed by atoms with Crippen molar-refractivity contribution in [1.29, 1.82) is 0 Å². The summed E-state index contributed by atoms with van der Waals surface area (Å²) >= 11 is 0. The molecule has 1 unspecified atom stereocenters. The second-order valence-electron chi connectivity index (χ2n) is 8.64. The summed E-state index contributed by atoms with van der Waals surface area (Å²) in [5, 5.41) is 5.71. The SMILES string of the molecule is COC(=O)CCCCCc1cccc(NCC(CCC(N)=O)NC(=O)OC(C)(C)C)c1F. The summed E-state index contributed by atoms with van der Waals surface area (Å²) in [5.41, 5.74) is 5.45. The largest absolute Gasteiger partial charge is 0.469 e. The molecule has 0 aliphatic rings. The highest BCUT2D eigenvalue weighted by Crippen LogP contribution is 2.20. The normalized spacial score (nSPS) is 12.0. The Morgan fingerprint density at radius 3 is 2.47 bits per heavy atom. The van der Waals surface area contributed by atoms with Gasteiger partial charge in [-0.1, -0.05) is 18.6 Å². The number of nitrogens with one attached hydrogen (secondary N) is 2. The summed E-state index contributed by atoms with van der Waals surface area (Å²) < 4.78 is 24.8. The van der Waals surface area contributed by atoms with E-state index in [1.54, 1.807) is 39.0 Å². The minimum atomic E-state index is -0.664. The van der Waals surface area contributed by atoms with Crippen molar-refractivity contribution >= 4 is 23.7 Å². The number of anilines is 1. The third-order valence-electron chi connectivity index (χ3n) is 4.63. The second kappa shape index (κ2) is 13.5. The van der Waals surface area contributed by atoms with Gasteiger partial charge in [-0.25, -0.2) is 9.18 Å². The first-order valence-electron chi connectivity index (χ1n) is 10.9. The van der Waals surface area contributed by atoms with Crippen molar-refractivity contribution in [2.45, 2.75) is 77.4 Å². The summed E-state index contributed by atoms with van der Waals surface area (Å²) in [6, 6.07) is 4.63. The van der Waals surface area contributed by atoms with E-state index in [-0.39, 0.29) is 24.8 Å². The first kappa shape index (κ1) is 27.2. The number of ether oxygens (including phenoxy) is 2. The van der Waals surface area contributed by atoms with Gasteiger partial charge in [0, 0.05) is 25.4 Å². The Labute approximate surface area is 189 Å². The fraction of sp³-hybridized carbons (Fsp3) is 0.609. The maximum atomic E-state index is 14.9. The number of alkyl carbamates (subject to hydrolysis) is 1. The molecule has 0 fully saturated rings. The number of rotatable bonds is 13. The van der Waals surface area contributed by atoms with Crippen LogP contribution in [-0.2, 0) is 25.5 Å². The number of methoxy groups -OCH3 is 1. The van der Waals surface area contributed by atoms with Crippen molar-refractivity contribution in [2.24, 2.45) is 5.73 Å². The molecule has 4 N–H and O–H groups in total. The molecule has 2 amide bonds. The highest BCUT2D eigenvalue weighted by molar-refractivity contribution is 5.74. The zero-order chi connectivity index (χ0) is 24.1. The smallest absolute Gasteiger partial charge is 0.407 e.